The lowest BCUT2D eigenvalue weighted by molar-refractivity contribution is -0.123. The molecule has 0 fully saturated rings. The van der Waals surface area contributed by atoms with E-state index in [1.807, 2.05) is 5.43 Å². The van der Waals surface area contributed by atoms with Crippen LogP contribution in [0.4, 0.5) is 0 Å². The number of carbonyl (C=O) groups excluding carboxylic acids is 2. The third kappa shape index (κ3) is 7.23. The van der Waals surface area contributed by atoms with E-state index >= 15 is 0 Å². The van der Waals surface area contributed by atoms with Crippen molar-refractivity contribution in [3.63, 3.8) is 0 Å². The summed E-state index contributed by atoms with van der Waals surface area (Å²) in [5.41, 5.74) is 7.11. The Labute approximate surface area is 77.0 Å². The molecule has 13 heavy (non-hydrogen) atoms. The maximum Gasteiger partial charge on any atom is 0.233 e. The number of unbranched alkanes of at least 4 members (excludes halogenated alkanes) is 1. The minimum absolute atomic E-state index is 0.0874. The SMILES string of the molecule is NCNC(=O)CCCCC(=O)NN. The molecule has 6 N–H and O–H groups in total. The summed E-state index contributed by atoms with van der Waals surface area (Å²) in [6, 6.07) is 0. The summed E-state index contributed by atoms with van der Waals surface area (Å²) in [6.07, 6.45) is 2.07. The van der Waals surface area contributed by atoms with E-state index in [4.69, 9.17) is 11.6 Å². The Morgan fingerprint density at radius 1 is 1.08 bits per heavy atom. The van der Waals surface area contributed by atoms with Crippen molar-refractivity contribution in [1.29, 1.82) is 0 Å². The molecule has 0 aliphatic heterocycles. The average Bonchev–Trinajstić information content (AvgIpc) is 2.12. The second kappa shape index (κ2) is 7.51. The van der Waals surface area contributed by atoms with Crippen molar-refractivity contribution < 1.29 is 9.59 Å². The predicted molar refractivity (Wildman–Crippen MR) is 48.0 cm³/mol. The van der Waals surface area contributed by atoms with Crippen LogP contribution in [0.15, 0.2) is 0 Å². The predicted octanol–water partition coefficient (Wildman–Crippen LogP) is -1.43. The Balaban J connectivity index is 3.25. The fraction of sp³-hybridized carbons (Fsp3) is 0.714. The molecule has 0 aromatic carbocycles. The van der Waals surface area contributed by atoms with Gasteiger partial charge in [0.25, 0.3) is 0 Å². The molecular formula is C7H16N4O2. The summed E-state index contributed by atoms with van der Waals surface area (Å²) >= 11 is 0. The van der Waals surface area contributed by atoms with Crippen LogP contribution < -0.4 is 22.3 Å². The van der Waals surface area contributed by atoms with Gasteiger partial charge in [0.15, 0.2) is 0 Å². The molecule has 0 aliphatic carbocycles. The lowest BCUT2D eigenvalue weighted by atomic mass is 10.2. The third-order valence-corrected chi connectivity index (χ3v) is 1.52. The lowest BCUT2D eigenvalue weighted by Gasteiger charge is -2.01. The van der Waals surface area contributed by atoms with E-state index in [9.17, 15) is 9.59 Å². The molecule has 0 radical (unpaired) electrons. The molecule has 0 bridgehead atoms. The van der Waals surface area contributed by atoms with E-state index in [-0.39, 0.29) is 18.5 Å². The van der Waals surface area contributed by atoms with E-state index in [0.717, 1.165) is 0 Å². The Morgan fingerprint density at radius 3 is 2.08 bits per heavy atom. The summed E-state index contributed by atoms with van der Waals surface area (Å²) in [5, 5.41) is 2.46. The summed E-state index contributed by atoms with van der Waals surface area (Å²) < 4.78 is 0. The van der Waals surface area contributed by atoms with Gasteiger partial charge in [-0.15, -0.1) is 0 Å². The number of nitrogens with two attached hydrogens (primary N) is 2. The number of hydrazine groups is 1. The molecule has 0 spiro atoms. The van der Waals surface area contributed by atoms with Gasteiger partial charge in [0.05, 0.1) is 6.67 Å². The zero-order valence-electron chi connectivity index (χ0n) is 7.51. The first-order valence-corrected chi connectivity index (χ1v) is 4.17. The minimum Gasteiger partial charge on any atom is -0.344 e. The molecule has 0 atom stereocenters. The van der Waals surface area contributed by atoms with Crippen molar-refractivity contribution in [2.24, 2.45) is 11.6 Å². The highest BCUT2D eigenvalue weighted by Gasteiger charge is 2.01. The van der Waals surface area contributed by atoms with Gasteiger partial charge >= 0.3 is 0 Å². The number of carbonyl (C=O) groups is 2. The van der Waals surface area contributed by atoms with Gasteiger partial charge in [-0.1, -0.05) is 0 Å². The van der Waals surface area contributed by atoms with Crippen LogP contribution >= 0.6 is 0 Å². The molecule has 6 heteroatoms. The van der Waals surface area contributed by atoms with Crippen molar-refractivity contribution in [2.75, 3.05) is 6.67 Å². The first-order chi connectivity index (χ1) is 6.20. The molecule has 0 unspecified atom stereocenters. The lowest BCUT2D eigenvalue weighted by Crippen LogP contribution is -2.30. The summed E-state index contributed by atoms with van der Waals surface area (Å²) in [5.74, 6) is 4.57. The van der Waals surface area contributed by atoms with Gasteiger partial charge < -0.3 is 11.1 Å². The molecule has 2 amide bonds. The molecule has 0 saturated heterocycles. The Bertz CT molecular complexity index is 172. The highest BCUT2D eigenvalue weighted by Crippen LogP contribution is 1.98. The zero-order chi connectivity index (χ0) is 10.1. The number of rotatable bonds is 6. The van der Waals surface area contributed by atoms with Gasteiger partial charge in [-0.3, -0.25) is 15.0 Å². The largest absolute Gasteiger partial charge is 0.344 e. The Morgan fingerprint density at radius 2 is 1.62 bits per heavy atom. The molecule has 0 saturated carbocycles. The number of hydrogen-bond donors (Lipinski definition) is 4. The van der Waals surface area contributed by atoms with Crippen LogP contribution in [-0.2, 0) is 9.59 Å². The van der Waals surface area contributed by atoms with E-state index < -0.39 is 0 Å². The fourth-order valence-electron chi connectivity index (χ4n) is 0.846. The van der Waals surface area contributed by atoms with Gasteiger partial charge in [-0.05, 0) is 12.8 Å². The van der Waals surface area contributed by atoms with E-state index in [1.165, 1.54) is 0 Å². The molecule has 0 heterocycles. The van der Waals surface area contributed by atoms with Crippen LogP contribution in [0.3, 0.4) is 0 Å². The highest BCUT2D eigenvalue weighted by molar-refractivity contribution is 5.76. The van der Waals surface area contributed by atoms with Gasteiger partial charge in [-0.25, -0.2) is 5.84 Å². The maximum atomic E-state index is 10.8. The minimum atomic E-state index is -0.209. The van der Waals surface area contributed by atoms with E-state index in [1.54, 1.807) is 0 Å². The summed E-state index contributed by atoms with van der Waals surface area (Å²) in [4.78, 5) is 21.5. The normalized spacial score (nSPS) is 9.38. The fourth-order valence-corrected chi connectivity index (χ4v) is 0.846. The molecule has 76 valence electrons. The van der Waals surface area contributed by atoms with Gasteiger partial charge in [-0.2, -0.15) is 0 Å². The quantitative estimate of drug-likeness (QED) is 0.135. The van der Waals surface area contributed by atoms with Crippen molar-refractivity contribution in [3.8, 4) is 0 Å². The second-order valence-electron chi connectivity index (χ2n) is 2.58. The molecule has 0 aromatic rings. The standard InChI is InChI=1S/C7H16N4O2/c8-5-10-6(12)3-1-2-4-7(13)11-9/h1-5,8-9H2,(H,10,12)(H,11,13). The summed E-state index contributed by atoms with van der Waals surface area (Å²) in [7, 11) is 0. The van der Waals surface area contributed by atoms with Crippen LogP contribution in [0.2, 0.25) is 0 Å². The number of amides is 2. The van der Waals surface area contributed by atoms with E-state index in [0.29, 0.717) is 25.7 Å². The van der Waals surface area contributed by atoms with E-state index in [2.05, 4.69) is 5.32 Å². The third-order valence-electron chi connectivity index (χ3n) is 1.52. The van der Waals surface area contributed by atoms with Gasteiger partial charge in [0, 0.05) is 12.8 Å². The van der Waals surface area contributed by atoms with Crippen molar-refractivity contribution in [3.05, 3.63) is 0 Å². The van der Waals surface area contributed by atoms with Crippen LogP contribution in [0.25, 0.3) is 0 Å². The molecule has 0 aliphatic rings. The highest BCUT2D eigenvalue weighted by atomic mass is 16.2. The smallest absolute Gasteiger partial charge is 0.233 e. The maximum absolute atomic E-state index is 10.8. The van der Waals surface area contributed by atoms with Crippen LogP contribution in [-0.4, -0.2) is 18.5 Å². The Kier molecular flexibility index (Phi) is 6.85. The topological polar surface area (TPSA) is 110 Å². The molecule has 0 rings (SSSR count). The molecular weight excluding hydrogens is 172 g/mol. The van der Waals surface area contributed by atoms with Crippen LogP contribution in [0, 0.1) is 0 Å². The molecule has 0 aromatic heterocycles. The average molecular weight is 188 g/mol. The van der Waals surface area contributed by atoms with Crippen molar-refractivity contribution in [2.45, 2.75) is 25.7 Å². The molecule has 6 nitrogen and oxygen atoms in total. The van der Waals surface area contributed by atoms with Gasteiger partial charge in [0.1, 0.15) is 0 Å². The first kappa shape index (κ1) is 11.9. The number of nitrogens with one attached hydrogen (secondary N) is 2. The zero-order valence-corrected chi connectivity index (χ0v) is 7.51. The summed E-state index contributed by atoms with van der Waals surface area (Å²) in [6.45, 7) is 0.155. The first-order valence-electron chi connectivity index (χ1n) is 4.17. The second-order valence-corrected chi connectivity index (χ2v) is 2.58. The van der Waals surface area contributed by atoms with Crippen LogP contribution in [0.5, 0.6) is 0 Å². The van der Waals surface area contributed by atoms with Crippen molar-refractivity contribution in [1.82, 2.24) is 10.7 Å². The monoisotopic (exact) mass is 188 g/mol. The Hall–Kier alpha value is -1.14. The van der Waals surface area contributed by atoms with Crippen LogP contribution in [0.1, 0.15) is 25.7 Å². The van der Waals surface area contributed by atoms with Crippen molar-refractivity contribution >= 4 is 11.8 Å². The van der Waals surface area contributed by atoms with Gasteiger partial charge in [0.2, 0.25) is 11.8 Å². The number of hydrogen-bond acceptors (Lipinski definition) is 4.